The second-order valence-corrected chi connectivity index (χ2v) is 5.38. The Hall–Kier alpha value is -2.12. The lowest BCUT2D eigenvalue weighted by molar-refractivity contribution is -0.142. The van der Waals surface area contributed by atoms with Crippen LogP contribution in [0.5, 0.6) is 0 Å². The summed E-state index contributed by atoms with van der Waals surface area (Å²) in [7, 11) is 0. The normalized spacial score (nSPS) is 20.0. The fourth-order valence-corrected chi connectivity index (χ4v) is 2.71. The van der Waals surface area contributed by atoms with Gasteiger partial charge >= 0.3 is 5.97 Å². The first-order valence-electron chi connectivity index (χ1n) is 7.08. The largest absolute Gasteiger partial charge is 0.464 e. The molecule has 0 unspecified atom stereocenters. The van der Waals surface area contributed by atoms with Gasteiger partial charge in [-0.2, -0.15) is 5.26 Å². The SMILES string of the molecule is C=C1CN([C@@H](COC(C)=O)c2ccccc2)C[C@H]1CC#N. The zero-order valence-electron chi connectivity index (χ0n) is 12.3. The van der Waals surface area contributed by atoms with Crippen molar-refractivity contribution < 1.29 is 9.53 Å². The van der Waals surface area contributed by atoms with Gasteiger partial charge in [0.1, 0.15) is 6.61 Å². The summed E-state index contributed by atoms with van der Waals surface area (Å²) in [5, 5.41) is 8.88. The summed E-state index contributed by atoms with van der Waals surface area (Å²) in [6.45, 7) is 7.35. The molecule has 0 spiro atoms. The van der Waals surface area contributed by atoms with E-state index in [4.69, 9.17) is 10.00 Å². The van der Waals surface area contributed by atoms with Crippen LogP contribution in [0.15, 0.2) is 42.5 Å². The van der Waals surface area contributed by atoms with Gasteiger partial charge in [-0.25, -0.2) is 0 Å². The fraction of sp³-hybridized carbons (Fsp3) is 0.412. The average molecular weight is 284 g/mol. The average Bonchev–Trinajstić information content (AvgIpc) is 2.81. The standard InChI is InChI=1S/C17H20N2O2/c1-13-10-19(11-16(13)8-9-18)17(12-21-14(2)20)15-6-4-3-5-7-15/h3-7,16-17H,1,8,10-12H2,2H3/t16-,17+/m1/s1. The molecule has 2 atom stereocenters. The number of hydrogen-bond acceptors (Lipinski definition) is 4. The van der Waals surface area contributed by atoms with Gasteiger partial charge in [0, 0.05) is 32.4 Å². The quantitative estimate of drug-likeness (QED) is 0.616. The lowest BCUT2D eigenvalue weighted by Gasteiger charge is -2.27. The van der Waals surface area contributed by atoms with Crippen molar-refractivity contribution in [3.63, 3.8) is 0 Å². The van der Waals surface area contributed by atoms with Crippen molar-refractivity contribution in [2.75, 3.05) is 19.7 Å². The van der Waals surface area contributed by atoms with Gasteiger partial charge in [0.2, 0.25) is 0 Å². The highest BCUT2D eigenvalue weighted by Crippen LogP contribution is 2.31. The van der Waals surface area contributed by atoms with E-state index in [1.807, 2.05) is 30.3 Å². The Morgan fingerprint density at radius 1 is 1.52 bits per heavy atom. The molecule has 1 aromatic carbocycles. The molecular formula is C17H20N2O2. The van der Waals surface area contributed by atoms with Crippen molar-refractivity contribution in [3.05, 3.63) is 48.0 Å². The summed E-state index contributed by atoms with van der Waals surface area (Å²) >= 11 is 0. The molecule has 21 heavy (non-hydrogen) atoms. The number of nitrogens with zero attached hydrogens (tertiary/aromatic N) is 2. The lowest BCUT2D eigenvalue weighted by atomic mass is 10.0. The van der Waals surface area contributed by atoms with Crippen LogP contribution in [0, 0.1) is 17.2 Å². The van der Waals surface area contributed by atoms with E-state index in [1.54, 1.807) is 0 Å². The van der Waals surface area contributed by atoms with E-state index in [2.05, 4.69) is 17.5 Å². The van der Waals surface area contributed by atoms with Gasteiger partial charge in [0.15, 0.2) is 0 Å². The first-order chi connectivity index (χ1) is 10.1. The second kappa shape index (κ2) is 7.05. The number of carbonyl (C=O) groups is 1. The number of likely N-dealkylation sites (tertiary alicyclic amines) is 1. The minimum absolute atomic E-state index is 0.00976. The van der Waals surface area contributed by atoms with Gasteiger partial charge in [0.25, 0.3) is 0 Å². The molecule has 0 aliphatic carbocycles. The maximum Gasteiger partial charge on any atom is 0.302 e. The Morgan fingerprint density at radius 3 is 2.86 bits per heavy atom. The maximum atomic E-state index is 11.1. The van der Waals surface area contributed by atoms with E-state index < -0.39 is 0 Å². The Morgan fingerprint density at radius 2 is 2.24 bits per heavy atom. The maximum absolute atomic E-state index is 11.1. The number of esters is 1. The minimum Gasteiger partial charge on any atom is -0.464 e. The van der Waals surface area contributed by atoms with Crippen molar-refractivity contribution in [3.8, 4) is 6.07 Å². The molecule has 1 saturated heterocycles. The van der Waals surface area contributed by atoms with Crippen LogP contribution < -0.4 is 0 Å². The number of carbonyl (C=O) groups excluding carboxylic acids is 1. The van der Waals surface area contributed by atoms with Gasteiger partial charge in [-0.15, -0.1) is 0 Å². The highest BCUT2D eigenvalue weighted by atomic mass is 16.5. The van der Waals surface area contributed by atoms with E-state index in [0.29, 0.717) is 13.0 Å². The highest BCUT2D eigenvalue weighted by Gasteiger charge is 2.32. The van der Waals surface area contributed by atoms with Crippen molar-refractivity contribution in [1.29, 1.82) is 5.26 Å². The predicted octanol–water partition coefficient (Wildman–Crippen LogP) is 2.69. The molecule has 0 radical (unpaired) electrons. The Labute approximate surface area is 125 Å². The molecule has 0 aromatic heterocycles. The number of nitriles is 1. The van der Waals surface area contributed by atoms with E-state index in [-0.39, 0.29) is 17.9 Å². The molecule has 0 bridgehead atoms. The zero-order chi connectivity index (χ0) is 15.2. The van der Waals surface area contributed by atoms with E-state index in [9.17, 15) is 4.79 Å². The van der Waals surface area contributed by atoms with Gasteiger partial charge in [-0.1, -0.05) is 42.5 Å². The van der Waals surface area contributed by atoms with Gasteiger partial charge < -0.3 is 4.74 Å². The number of hydrogen-bond donors (Lipinski definition) is 0. The molecule has 2 rings (SSSR count). The summed E-state index contributed by atoms with van der Waals surface area (Å²) in [4.78, 5) is 13.4. The lowest BCUT2D eigenvalue weighted by Crippen LogP contribution is -2.30. The van der Waals surface area contributed by atoms with Crippen molar-refractivity contribution in [1.82, 2.24) is 4.90 Å². The Bertz CT molecular complexity index is 548. The number of rotatable bonds is 5. The first kappa shape index (κ1) is 15.3. The first-order valence-corrected chi connectivity index (χ1v) is 7.08. The van der Waals surface area contributed by atoms with Crippen LogP contribution >= 0.6 is 0 Å². The second-order valence-electron chi connectivity index (χ2n) is 5.38. The summed E-state index contributed by atoms with van der Waals surface area (Å²) in [6.07, 6.45) is 0.490. The van der Waals surface area contributed by atoms with Crippen LogP contribution in [0.25, 0.3) is 0 Å². The summed E-state index contributed by atoms with van der Waals surface area (Å²) in [6, 6.07) is 12.2. The summed E-state index contributed by atoms with van der Waals surface area (Å²) < 4.78 is 5.23. The van der Waals surface area contributed by atoms with E-state index in [1.165, 1.54) is 6.92 Å². The minimum atomic E-state index is -0.275. The van der Waals surface area contributed by atoms with Crippen molar-refractivity contribution >= 4 is 5.97 Å². The van der Waals surface area contributed by atoms with Gasteiger partial charge in [-0.3, -0.25) is 9.69 Å². The van der Waals surface area contributed by atoms with Crippen LogP contribution in [0.4, 0.5) is 0 Å². The number of ether oxygens (including phenoxy) is 1. The molecule has 1 heterocycles. The molecule has 0 saturated carbocycles. The van der Waals surface area contributed by atoms with E-state index >= 15 is 0 Å². The smallest absolute Gasteiger partial charge is 0.302 e. The highest BCUT2D eigenvalue weighted by molar-refractivity contribution is 5.65. The zero-order valence-corrected chi connectivity index (χ0v) is 12.3. The predicted molar refractivity (Wildman–Crippen MR) is 80.2 cm³/mol. The monoisotopic (exact) mass is 284 g/mol. The molecule has 0 amide bonds. The Kier molecular flexibility index (Phi) is 5.13. The van der Waals surface area contributed by atoms with E-state index in [0.717, 1.165) is 24.2 Å². The molecule has 1 aliphatic rings. The fourth-order valence-electron chi connectivity index (χ4n) is 2.71. The molecule has 1 fully saturated rings. The van der Waals surface area contributed by atoms with Crippen molar-refractivity contribution in [2.45, 2.75) is 19.4 Å². The van der Waals surface area contributed by atoms with Crippen LogP contribution in [0.3, 0.4) is 0 Å². The molecule has 0 N–H and O–H groups in total. The number of benzene rings is 1. The molecule has 4 nitrogen and oxygen atoms in total. The molecule has 4 heteroatoms. The molecule has 110 valence electrons. The topological polar surface area (TPSA) is 53.3 Å². The van der Waals surface area contributed by atoms with Crippen LogP contribution in [-0.2, 0) is 9.53 Å². The van der Waals surface area contributed by atoms with Crippen molar-refractivity contribution in [2.24, 2.45) is 5.92 Å². The summed E-state index contributed by atoms with van der Waals surface area (Å²) in [5.74, 6) is -0.0685. The van der Waals surface area contributed by atoms with Crippen LogP contribution in [-0.4, -0.2) is 30.6 Å². The Balaban J connectivity index is 2.15. The van der Waals surface area contributed by atoms with Crippen LogP contribution in [0.1, 0.15) is 24.9 Å². The van der Waals surface area contributed by atoms with Gasteiger partial charge in [0.05, 0.1) is 12.1 Å². The molecule has 1 aromatic rings. The summed E-state index contributed by atoms with van der Waals surface area (Å²) in [5.41, 5.74) is 2.20. The van der Waals surface area contributed by atoms with Crippen LogP contribution in [0.2, 0.25) is 0 Å². The third-order valence-electron chi connectivity index (χ3n) is 3.85. The molecular weight excluding hydrogens is 264 g/mol. The third-order valence-corrected chi connectivity index (χ3v) is 3.85. The van der Waals surface area contributed by atoms with Gasteiger partial charge in [-0.05, 0) is 5.56 Å². The third kappa shape index (κ3) is 3.93. The molecule has 1 aliphatic heterocycles.